The highest BCUT2D eigenvalue weighted by Gasteiger charge is 2.10. The van der Waals surface area contributed by atoms with Crippen molar-refractivity contribution in [1.82, 2.24) is 9.88 Å². The van der Waals surface area contributed by atoms with Crippen LogP contribution in [-0.4, -0.2) is 11.1 Å². The van der Waals surface area contributed by atoms with Crippen LogP contribution in [0.25, 0.3) is 5.69 Å². The van der Waals surface area contributed by atoms with Crippen LogP contribution in [0.3, 0.4) is 0 Å². The highest BCUT2D eigenvalue weighted by Crippen LogP contribution is 2.16. The van der Waals surface area contributed by atoms with Crippen molar-refractivity contribution in [2.45, 2.75) is 20.4 Å². The smallest absolute Gasteiger partial charge is 0.186 e. The van der Waals surface area contributed by atoms with Gasteiger partial charge in [0.25, 0.3) is 0 Å². The molecule has 0 aliphatic heterocycles. The molecule has 20 heavy (non-hydrogen) atoms. The Balaban J connectivity index is 2.55. The zero-order valence-electron chi connectivity index (χ0n) is 11.4. The summed E-state index contributed by atoms with van der Waals surface area (Å²) in [7, 11) is 0. The van der Waals surface area contributed by atoms with Gasteiger partial charge in [-0.2, -0.15) is 0 Å². The lowest BCUT2D eigenvalue weighted by Crippen LogP contribution is -2.21. The Morgan fingerprint density at radius 3 is 2.70 bits per heavy atom. The summed E-state index contributed by atoms with van der Waals surface area (Å²) in [6.45, 7) is 4.73. The first-order valence-electron chi connectivity index (χ1n) is 6.41. The fraction of sp³-hybridized carbons (Fsp3) is 0.267. The molecule has 106 valence electrons. The first-order valence-corrected chi connectivity index (χ1v) is 6.41. The monoisotopic (exact) mass is 278 g/mol. The summed E-state index contributed by atoms with van der Waals surface area (Å²) in [5.74, 6) is -1.06. The number of aromatic nitrogens is 1. The fourth-order valence-corrected chi connectivity index (χ4v) is 2.00. The first-order chi connectivity index (χ1) is 9.52. The van der Waals surface area contributed by atoms with E-state index in [1.807, 2.05) is 6.92 Å². The molecule has 1 heterocycles. The zero-order valence-corrected chi connectivity index (χ0v) is 11.4. The second-order valence-electron chi connectivity index (χ2n) is 4.55. The number of nitrogens with one attached hydrogen (secondary N) is 1. The molecule has 0 aliphatic rings. The largest absolute Gasteiger partial charge is 0.318 e. The average Bonchev–Trinajstić information content (AvgIpc) is 2.41. The van der Waals surface area contributed by atoms with Crippen LogP contribution in [0.1, 0.15) is 18.2 Å². The number of pyridine rings is 1. The average molecular weight is 278 g/mol. The van der Waals surface area contributed by atoms with E-state index >= 15 is 0 Å². The third-order valence-corrected chi connectivity index (χ3v) is 3.05. The van der Waals surface area contributed by atoms with Crippen LogP contribution in [0, 0.1) is 18.6 Å². The van der Waals surface area contributed by atoms with Crippen molar-refractivity contribution in [3.8, 4) is 5.69 Å². The normalized spacial score (nSPS) is 10.8. The lowest BCUT2D eigenvalue weighted by Gasteiger charge is -2.14. The van der Waals surface area contributed by atoms with Crippen molar-refractivity contribution in [2.75, 3.05) is 6.54 Å². The molecule has 1 N–H and O–H groups in total. The van der Waals surface area contributed by atoms with Crippen LogP contribution in [0.15, 0.2) is 35.3 Å². The maximum Gasteiger partial charge on any atom is 0.186 e. The van der Waals surface area contributed by atoms with Gasteiger partial charge in [0, 0.05) is 36.1 Å². The first kappa shape index (κ1) is 14.4. The second-order valence-corrected chi connectivity index (χ2v) is 4.55. The molecule has 5 heteroatoms. The van der Waals surface area contributed by atoms with Gasteiger partial charge in [-0.1, -0.05) is 6.92 Å². The Bertz CT molecular complexity index is 680. The summed E-state index contributed by atoms with van der Waals surface area (Å²) in [5, 5.41) is 3.05. The van der Waals surface area contributed by atoms with Crippen LogP contribution >= 0.6 is 0 Å². The van der Waals surface area contributed by atoms with Crippen molar-refractivity contribution in [1.29, 1.82) is 0 Å². The van der Waals surface area contributed by atoms with Crippen LogP contribution in [0.2, 0.25) is 0 Å². The fourth-order valence-electron chi connectivity index (χ4n) is 2.00. The maximum absolute atomic E-state index is 13.8. The zero-order chi connectivity index (χ0) is 14.7. The number of benzene rings is 1. The summed E-state index contributed by atoms with van der Waals surface area (Å²) in [4.78, 5) is 11.9. The van der Waals surface area contributed by atoms with Gasteiger partial charge in [-0.15, -0.1) is 0 Å². The molecule has 1 aromatic heterocycles. The molecule has 0 radical (unpaired) electrons. The molecule has 0 saturated heterocycles. The standard InChI is InChI=1S/C15H16F2N2O/c1-3-18-8-11-9-19(10(2)6-15(11)20)14-7-12(16)4-5-13(14)17/h4-7,9,18H,3,8H2,1-2H3. The minimum Gasteiger partial charge on any atom is -0.318 e. The van der Waals surface area contributed by atoms with E-state index in [9.17, 15) is 13.6 Å². The molecule has 0 saturated carbocycles. The van der Waals surface area contributed by atoms with E-state index in [2.05, 4.69) is 5.32 Å². The number of aryl methyl sites for hydroxylation is 1. The van der Waals surface area contributed by atoms with E-state index in [-0.39, 0.29) is 11.1 Å². The van der Waals surface area contributed by atoms with E-state index in [0.717, 1.165) is 24.7 Å². The summed E-state index contributed by atoms with van der Waals surface area (Å²) in [6, 6.07) is 4.68. The Labute approximate surface area is 115 Å². The minimum atomic E-state index is -0.535. The van der Waals surface area contributed by atoms with Gasteiger partial charge in [0.05, 0.1) is 5.69 Å². The van der Waals surface area contributed by atoms with Crippen molar-refractivity contribution in [3.05, 3.63) is 63.6 Å². The Morgan fingerprint density at radius 1 is 1.25 bits per heavy atom. The van der Waals surface area contributed by atoms with Crippen molar-refractivity contribution in [3.63, 3.8) is 0 Å². The molecule has 1 aromatic carbocycles. The second kappa shape index (κ2) is 5.96. The molecule has 3 nitrogen and oxygen atoms in total. The van der Waals surface area contributed by atoms with Gasteiger partial charge in [0.15, 0.2) is 5.43 Å². The molecule has 0 amide bonds. The molecule has 0 atom stereocenters. The van der Waals surface area contributed by atoms with Gasteiger partial charge in [-0.25, -0.2) is 8.78 Å². The summed E-state index contributed by atoms with van der Waals surface area (Å²) in [5.41, 5.74) is 1.05. The molecule has 0 fully saturated rings. The number of nitrogens with zero attached hydrogens (tertiary/aromatic N) is 1. The van der Waals surface area contributed by atoms with E-state index in [1.165, 1.54) is 10.6 Å². The molecular formula is C15H16F2N2O. The van der Waals surface area contributed by atoms with E-state index in [1.54, 1.807) is 13.1 Å². The predicted octanol–water partition coefficient (Wildman–Crippen LogP) is 2.53. The van der Waals surface area contributed by atoms with Crippen LogP contribution in [0.5, 0.6) is 0 Å². The molecule has 0 bridgehead atoms. The number of hydrogen-bond acceptors (Lipinski definition) is 2. The maximum atomic E-state index is 13.8. The van der Waals surface area contributed by atoms with Crippen LogP contribution < -0.4 is 10.7 Å². The van der Waals surface area contributed by atoms with E-state index < -0.39 is 11.6 Å². The Hall–Kier alpha value is -2.01. The number of rotatable bonds is 4. The minimum absolute atomic E-state index is 0.0975. The van der Waals surface area contributed by atoms with E-state index in [0.29, 0.717) is 17.8 Å². The van der Waals surface area contributed by atoms with Crippen molar-refractivity contribution < 1.29 is 8.78 Å². The Kier molecular flexibility index (Phi) is 4.29. The molecule has 2 aromatic rings. The third kappa shape index (κ3) is 2.93. The summed E-state index contributed by atoms with van der Waals surface area (Å²) >= 11 is 0. The van der Waals surface area contributed by atoms with Crippen LogP contribution in [0.4, 0.5) is 8.78 Å². The van der Waals surface area contributed by atoms with Crippen LogP contribution in [-0.2, 0) is 6.54 Å². The molecule has 0 spiro atoms. The topological polar surface area (TPSA) is 34.0 Å². The quantitative estimate of drug-likeness (QED) is 0.932. The van der Waals surface area contributed by atoms with Crippen molar-refractivity contribution >= 4 is 0 Å². The summed E-state index contributed by atoms with van der Waals surface area (Å²) in [6.07, 6.45) is 1.55. The highest BCUT2D eigenvalue weighted by molar-refractivity contribution is 5.37. The van der Waals surface area contributed by atoms with Gasteiger partial charge in [-0.05, 0) is 25.6 Å². The van der Waals surface area contributed by atoms with Gasteiger partial charge in [0.1, 0.15) is 11.6 Å². The number of hydrogen-bond donors (Lipinski definition) is 1. The van der Waals surface area contributed by atoms with Gasteiger partial charge < -0.3 is 9.88 Å². The van der Waals surface area contributed by atoms with Gasteiger partial charge in [-0.3, -0.25) is 4.79 Å². The van der Waals surface area contributed by atoms with Gasteiger partial charge >= 0.3 is 0 Å². The molecule has 0 aliphatic carbocycles. The SMILES string of the molecule is CCNCc1cn(-c2cc(F)ccc2F)c(C)cc1=O. The lowest BCUT2D eigenvalue weighted by atomic mass is 10.2. The molecule has 2 rings (SSSR count). The lowest BCUT2D eigenvalue weighted by molar-refractivity contribution is 0.590. The van der Waals surface area contributed by atoms with Crippen molar-refractivity contribution in [2.24, 2.45) is 0 Å². The van der Waals surface area contributed by atoms with E-state index in [4.69, 9.17) is 0 Å². The molecular weight excluding hydrogens is 262 g/mol. The molecule has 0 unspecified atom stereocenters. The predicted molar refractivity (Wildman–Crippen MR) is 74.1 cm³/mol. The van der Waals surface area contributed by atoms with Gasteiger partial charge in [0.2, 0.25) is 0 Å². The number of halogens is 2. The third-order valence-electron chi connectivity index (χ3n) is 3.05. The Morgan fingerprint density at radius 2 is 2.00 bits per heavy atom. The summed E-state index contributed by atoms with van der Waals surface area (Å²) < 4.78 is 28.6. The highest BCUT2D eigenvalue weighted by atomic mass is 19.1.